The molecule has 1 aromatic rings. The van der Waals surface area contributed by atoms with Gasteiger partial charge in [0.25, 0.3) is 5.69 Å². The van der Waals surface area contributed by atoms with E-state index in [0.29, 0.717) is 12.8 Å². The molecule has 1 aliphatic carbocycles. The van der Waals surface area contributed by atoms with Gasteiger partial charge in [-0.25, -0.2) is 8.42 Å². The molecule has 1 heterocycles. The van der Waals surface area contributed by atoms with Gasteiger partial charge < -0.3 is 11.1 Å². The molecule has 0 radical (unpaired) electrons. The number of nitrogens with zero attached hydrogens (tertiary/aromatic N) is 2. The average molecular weight is 433 g/mol. The maximum atomic E-state index is 13.0. The van der Waals surface area contributed by atoms with Gasteiger partial charge >= 0.3 is 0 Å². The summed E-state index contributed by atoms with van der Waals surface area (Å²) in [5.41, 5.74) is 5.58. The number of hydrogen-bond donors (Lipinski definition) is 2. The third kappa shape index (κ3) is 4.80. The number of nitro benzene ring substituents is 1. The second-order valence-corrected chi connectivity index (χ2v) is 9.04. The van der Waals surface area contributed by atoms with Crippen molar-refractivity contribution in [3.63, 3.8) is 0 Å². The standard InChI is InChI=1S/C17H24N4O5S.ClH/c18-12-6-8-13(9-7-12)19-17(22)16-5-2-10-20(16)27(25,26)15-4-1-3-14(11-15)21(23)24;/h1,3-4,11-13,16H,2,5-10,18H2,(H,19,22);1H. The lowest BCUT2D eigenvalue weighted by Crippen LogP contribution is -2.50. The smallest absolute Gasteiger partial charge is 0.270 e. The summed E-state index contributed by atoms with van der Waals surface area (Å²) in [6.07, 6.45) is 4.26. The zero-order valence-corrected chi connectivity index (χ0v) is 17.0. The summed E-state index contributed by atoms with van der Waals surface area (Å²) < 4.78 is 27.1. The highest BCUT2D eigenvalue weighted by Crippen LogP contribution is 2.28. The highest BCUT2D eigenvalue weighted by Gasteiger charge is 2.40. The minimum absolute atomic E-state index is 0. The van der Waals surface area contributed by atoms with Gasteiger partial charge in [0, 0.05) is 30.8 Å². The maximum absolute atomic E-state index is 13.0. The molecular weight excluding hydrogens is 408 g/mol. The Morgan fingerprint density at radius 1 is 1.21 bits per heavy atom. The Labute approximate surface area is 170 Å². The Balaban J connectivity index is 0.00000280. The quantitative estimate of drug-likeness (QED) is 0.535. The lowest BCUT2D eigenvalue weighted by atomic mass is 9.91. The van der Waals surface area contributed by atoms with Crippen molar-refractivity contribution in [2.24, 2.45) is 5.73 Å². The molecule has 1 amide bonds. The van der Waals surface area contributed by atoms with Crippen LogP contribution in [0.3, 0.4) is 0 Å². The fourth-order valence-electron chi connectivity index (χ4n) is 3.74. The van der Waals surface area contributed by atoms with Crippen molar-refractivity contribution in [2.45, 2.75) is 61.5 Å². The van der Waals surface area contributed by atoms with Crippen LogP contribution < -0.4 is 11.1 Å². The third-order valence-corrected chi connectivity index (χ3v) is 7.16. The summed E-state index contributed by atoms with van der Waals surface area (Å²) in [7, 11) is -3.99. The number of carbonyl (C=O) groups excluding carboxylic acids is 1. The number of nitrogens with two attached hydrogens (primary N) is 1. The van der Waals surface area contributed by atoms with Crippen molar-refractivity contribution in [3.8, 4) is 0 Å². The van der Waals surface area contributed by atoms with Crippen LogP contribution in [0.2, 0.25) is 0 Å². The number of amides is 1. The van der Waals surface area contributed by atoms with Crippen LogP contribution in [0.4, 0.5) is 5.69 Å². The average Bonchev–Trinajstić information content (AvgIpc) is 3.14. The predicted molar refractivity (Wildman–Crippen MR) is 106 cm³/mol. The number of nitrogens with one attached hydrogen (secondary N) is 1. The molecule has 28 heavy (non-hydrogen) atoms. The Kier molecular flexibility index (Phi) is 7.38. The molecular formula is C17H25ClN4O5S. The largest absolute Gasteiger partial charge is 0.352 e. The van der Waals surface area contributed by atoms with E-state index in [1.807, 2.05) is 0 Å². The second-order valence-electron chi connectivity index (χ2n) is 7.15. The number of halogens is 1. The van der Waals surface area contributed by atoms with E-state index in [-0.39, 0.29) is 47.5 Å². The lowest BCUT2D eigenvalue weighted by Gasteiger charge is -2.29. The molecule has 1 saturated carbocycles. The fraction of sp³-hybridized carbons (Fsp3) is 0.588. The molecule has 0 bridgehead atoms. The summed E-state index contributed by atoms with van der Waals surface area (Å²) in [6, 6.07) is 4.31. The van der Waals surface area contributed by atoms with Gasteiger partial charge in [0.2, 0.25) is 15.9 Å². The molecule has 11 heteroatoms. The van der Waals surface area contributed by atoms with Gasteiger partial charge in [0.1, 0.15) is 6.04 Å². The van der Waals surface area contributed by atoms with Crippen molar-refractivity contribution in [3.05, 3.63) is 34.4 Å². The maximum Gasteiger partial charge on any atom is 0.270 e. The van der Waals surface area contributed by atoms with E-state index in [0.717, 1.165) is 36.1 Å². The number of hydrogen-bond acceptors (Lipinski definition) is 6. The molecule has 3 rings (SSSR count). The van der Waals surface area contributed by atoms with E-state index in [1.54, 1.807) is 0 Å². The van der Waals surface area contributed by atoms with Gasteiger partial charge in [-0.2, -0.15) is 4.31 Å². The van der Waals surface area contributed by atoms with Crippen LogP contribution in [0.25, 0.3) is 0 Å². The van der Waals surface area contributed by atoms with Crippen LogP contribution in [0, 0.1) is 10.1 Å². The highest BCUT2D eigenvalue weighted by atomic mass is 35.5. The van der Waals surface area contributed by atoms with Gasteiger partial charge in [-0.05, 0) is 44.6 Å². The number of carbonyl (C=O) groups is 1. The Bertz CT molecular complexity index is 827. The predicted octanol–water partition coefficient (Wildman–Crippen LogP) is 1.56. The van der Waals surface area contributed by atoms with Crippen LogP contribution in [-0.2, 0) is 14.8 Å². The van der Waals surface area contributed by atoms with E-state index in [1.165, 1.54) is 18.2 Å². The van der Waals surface area contributed by atoms with Crippen LogP contribution in [0.1, 0.15) is 38.5 Å². The lowest BCUT2D eigenvalue weighted by molar-refractivity contribution is -0.385. The monoisotopic (exact) mass is 432 g/mol. The van der Waals surface area contributed by atoms with Gasteiger partial charge in [0.05, 0.1) is 9.82 Å². The van der Waals surface area contributed by atoms with Crippen LogP contribution in [0.15, 0.2) is 29.2 Å². The van der Waals surface area contributed by atoms with Crippen LogP contribution in [0.5, 0.6) is 0 Å². The summed E-state index contributed by atoms with van der Waals surface area (Å²) in [6.45, 7) is 0.221. The number of non-ortho nitro benzene ring substituents is 1. The molecule has 0 spiro atoms. The van der Waals surface area contributed by atoms with E-state index >= 15 is 0 Å². The first-order valence-electron chi connectivity index (χ1n) is 9.11. The first kappa shape index (κ1) is 22.5. The molecule has 2 aliphatic rings. The van der Waals surface area contributed by atoms with E-state index in [4.69, 9.17) is 5.73 Å². The van der Waals surface area contributed by atoms with E-state index in [9.17, 15) is 23.3 Å². The molecule has 1 aromatic carbocycles. The summed E-state index contributed by atoms with van der Waals surface area (Å²) in [5, 5.41) is 13.9. The van der Waals surface area contributed by atoms with Crippen LogP contribution >= 0.6 is 12.4 Å². The second kappa shape index (κ2) is 9.17. The molecule has 1 aliphatic heterocycles. The Morgan fingerprint density at radius 3 is 2.54 bits per heavy atom. The van der Waals surface area contributed by atoms with E-state index < -0.39 is 21.0 Å². The zero-order chi connectivity index (χ0) is 19.6. The van der Waals surface area contributed by atoms with Gasteiger partial charge in [-0.15, -0.1) is 12.4 Å². The Morgan fingerprint density at radius 2 is 1.89 bits per heavy atom. The number of sulfonamides is 1. The molecule has 9 nitrogen and oxygen atoms in total. The van der Waals surface area contributed by atoms with Gasteiger partial charge in [0.15, 0.2) is 0 Å². The number of benzene rings is 1. The van der Waals surface area contributed by atoms with Crippen molar-refractivity contribution >= 4 is 34.0 Å². The molecule has 1 unspecified atom stereocenters. The molecule has 2 fully saturated rings. The summed E-state index contributed by atoms with van der Waals surface area (Å²) >= 11 is 0. The first-order chi connectivity index (χ1) is 12.8. The van der Waals surface area contributed by atoms with Crippen molar-refractivity contribution in [2.75, 3.05) is 6.54 Å². The summed E-state index contributed by atoms with van der Waals surface area (Å²) in [4.78, 5) is 22.8. The van der Waals surface area contributed by atoms with E-state index in [2.05, 4.69) is 5.32 Å². The van der Waals surface area contributed by atoms with Gasteiger partial charge in [-0.1, -0.05) is 6.07 Å². The third-order valence-electron chi connectivity index (χ3n) is 5.26. The number of nitro groups is 1. The minimum Gasteiger partial charge on any atom is -0.352 e. The fourth-order valence-corrected chi connectivity index (χ4v) is 5.44. The van der Waals surface area contributed by atoms with Crippen molar-refractivity contribution < 1.29 is 18.1 Å². The summed E-state index contributed by atoms with van der Waals surface area (Å²) in [5.74, 6) is -0.304. The minimum atomic E-state index is -3.99. The normalized spacial score (nSPS) is 25.7. The molecule has 156 valence electrons. The molecule has 3 N–H and O–H groups in total. The van der Waals surface area contributed by atoms with Crippen LogP contribution in [-0.4, -0.2) is 48.2 Å². The van der Waals surface area contributed by atoms with Gasteiger partial charge in [-0.3, -0.25) is 14.9 Å². The highest BCUT2D eigenvalue weighted by molar-refractivity contribution is 7.89. The molecule has 1 atom stereocenters. The Hall–Kier alpha value is -1.75. The van der Waals surface area contributed by atoms with Crippen molar-refractivity contribution in [1.29, 1.82) is 0 Å². The number of rotatable bonds is 5. The topological polar surface area (TPSA) is 136 Å². The first-order valence-corrected chi connectivity index (χ1v) is 10.6. The molecule has 1 saturated heterocycles. The van der Waals surface area contributed by atoms with Crippen molar-refractivity contribution in [1.82, 2.24) is 9.62 Å². The molecule has 0 aromatic heterocycles. The zero-order valence-electron chi connectivity index (χ0n) is 15.3. The SMILES string of the molecule is Cl.NC1CCC(NC(=O)C2CCCN2S(=O)(=O)c2cccc([N+](=O)[O-])c2)CC1.